The van der Waals surface area contributed by atoms with Gasteiger partial charge in [-0.25, -0.2) is 0 Å². The number of nitrogens with zero attached hydrogens (tertiary/aromatic N) is 1. The molecule has 0 unspecified atom stereocenters. The fourth-order valence-corrected chi connectivity index (χ4v) is 4.69. The maximum Gasteiger partial charge on any atom is 0.0914 e. The van der Waals surface area contributed by atoms with Crippen LogP contribution in [0.4, 0.5) is 0 Å². The molecular weight excluding hydrogens is 518 g/mol. The molecule has 0 atom stereocenters. The van der Waals surface area contributed by atoms with E-state index < -0.39 is 5.41 Å². The summed E-state index contributed by atoms with van der Waals surface area (Å²) >= 11 is 10.9. The summed E-state index contributed by atoms with van der Waals surface area (Å²) in [6.07, 6.45) is 1.24. The SMILES string of the molecule is N#CC(Cc1ccccc1Br)(Cc1ccccc1Br)c1ccccc1Br. The first-order valence-electron chi connectivity index (χ1n) is 8.19. The van der Waals surface area contributed by atoms with Crippen LogP contribution in [0.5, 0.6) is 0 Å². The fraction of sp³-hybridized carbons (Fsp3) is 0.136. The van der Waals surface area contributed by atoms with Crippen molar-refractivity contribution in [1.82, 2.24) is 0 Å². The minimum Gasteiger partial charge on any atom is -0.197 e. The number of nitriles is 1. The van der Waals surface area contributed by atoms with E-state index in [2.05, 4.69) is 66.0 Å². The molecule has 4 heteroatoms. The van der Waals surface area contributed by atoms with Crippen LogP contribution in [-0.2, 0) is 18.3 Å². The van der Waals surface area contributed by atoms with Gasteiger partial charge in [0.15, 0.2) is 0 Å². The summed E-state index contributed by atoms with van der Waals surface area (Å²) in [6.45, 7) is 0. The quantitative estimate of drug-likeness (QED) is 0.339. The Morgan fingerprint density at radius 1 is 0.654 bits per heavy atom. The molecule has 0 fully saturated rings. The molecule has 0 aromatic heterocycles. The zero-order valence-electron chi connectivity index (χ0n) is 13.9. The molecule has 0 N–H and O–H groups in total. The van der Waals surface area contributed by atoms with Gasteiger partial charge in [0.1, 0.15) is 0 Å². The van der Waals surface area contributed by atoms with E-state index in [9.17, 15) is 5.26 Å². The Bertz CT molecular complexity index is 912. The Labute approximate surface area is 179 Å². The van der Waals surface area contributed by atoms with Gasteiger partial charge in [0.05, 0.1) is 11.5 Å². The molecule has 0 heterocycles. The molecule has 0 aliphatic carbocycles. The third-order valence-electron chi connectivity index (χ3n) is 4.50. The van der Waals surface area contributed by atoms with Crippen molar-refractivity contribution in [2.45, 2.75) is 18.3 Å². The van der Waals surface area contributed by atoms with Crippen LogP contribution in [0.1, 0.15) is 16.7 Å². The highest BCUT2D eigenvalue weighted by atomic mass is 79.9. The van der Waals surface area contributed by atoms with Gasteiger partial charge in [-0.15, -0.1) is 0 Å². The normalized spacial score (nSPS) is 11.2. The summed E-state index contributed by atoms with van der Waals surface area (Å²) in [4.78, 5) is 0. The Morgan fingerprint density at radius 3 is 1.50 bits per heavy atom. The molecule has 1 nitrogen and oxygen atoms in total. The highest BCUT2D eigenvalue weighted by Gasteiger charge is 2.35. The minimum atomic E-state index is -0.687. The molecule has 3 aromatic carbocycles. The monoisotopic (exact) mass is 531 g/mol. The Hall–Kier alpha value is -1.41. The molecule has 0 aliphatic rings. The van der Waals surface area contributed by atoms with E-state index in [1.807, 2.05) is 60.7 Å². The van der Waals surface area contributed by atoms with Crippen molar-refractivity contribution in [2.75, 3.05) is 0 Å². The molecule has 26 heavy (non-hydrogen) atoms. The van der Waals surface area contributed by atoms with Gasteiger partial charge < -0.3 is 0 Å². The van der Waals surface area contributed by atoms with E-state index in [0.717, 1.165) is 30.1 Å². The smallest absolute Gasteiger partial charge is 0.0914 e. The zero-order chi connectivity index (χ0) is 18.6. The van der Waals surface area contributed by atoms with E-state index in [1.165, 1.54) is 0 Å². The van der Waals surface area contributed by atoms with Crippen molar-refractivity contribution in [2.24, 2.45) is 0 Å². The van der Waals surface area contributed by atoms with Crippen LogP contribution in [0.2, 0.25) is 0 Å². The molecule has 130 valence electrons. The van der Waals surface area contributed by atoms with E-state index >= 15 is 0 Å². The van der Waals surface area contributed by atoms with Crippen LogP contribution in [0.15, 0.2) is 86.2 Å². The maximum atomic E-state index is 10.4. The lowest BCUT2D eigenvalue weighted by molar-refractivity contribution is 0.537. The maximum absolute atomic E-state index is 10.4. The number of hydrogen-bond acceptors (Lipinski definition) is 1. The van der Waals surface area contributed by atoms with Gasteiger partial charge in [-0.05, 0) is 47.7 Å². The van der Waals surface area contributed by atoms with Crippen molar-refractivity contribution in [1.29, 1.82) is 5.26 Å². The van der Waals surface area contributed by atoms with Crippen molar-refractivity contribution in [3.05, 3.63) is 103 Å². The first-order chi connectivity index (χ1) is 12.6. The summed E-state index contributed by atoms with van der Waals surface area (Å²) in [7, 11) is 0. The van der Waals surface area contributed by atoms with E-state index in [1.54, 1.807) is 0 Å². The fourth-order valence-electron chi connectivity index (χ4n) is 3.18. The second kappa shape index (κ2) is 8.52. The highest BCUT2D eigenvalue weighted by Crippen LogP contribution is 2.39. The number of hydrogen-bond donors (Lipinski definition) is 0. The lowest BCUT2D eigenvalue weighted by Crippen LogP contribution is -2.31. The molecule has 0 spiro atoms. The van der Waals surface area contributed by atoms with E-state index in [4.69, 9.17) is 0 Å². The van der Waals surface area contributed by atoms with Gasteiger partial charge in [0, 0.05) is 13.4 Å². The predicted molar refractivity (Wildman–Crippen MR) is 117 cm³/mol. The molecular formula is C22H16Br3N. The summed E-state index contributed by atoms with van der Waals surface area (Å²) in [5.41, 5.74) is 2.57. The van der Waals surface area contributed by atoms with Gasteiger partial charge in [-0.2, -0.15) is 5.26 Å². The number of halogens is 3. The predicted octanol–water partition coefficient (Wildman–Crippen LogP) is 7.22. The van der Waals surface area contributed by atoms with Crippen LogP contribution < -0.4 is 0 Å². The first-order valence-corrected chi connectivity index (χ1v) is 10.6. The largest absolute Gasteiger partial charge is 0.197 e. The second-order valence-corrected chi connectivity index (χ2v) is 8.77. The third-order valence-corrected chi connectivity index (χ3v) is 6.74. The minimum absolute atomic E-state index is 0.620. The van der Waals surface area contributed by atoms with Crippen LogP contribution in [-0.4, -0.2) is 0 Å². The molecule has 0 amide bonds. The molecule has 3 rings (SSSR count). The number of rotatable bonds is 5. The van der Waals surface area contributed by atoms with Gasteiger partial charge in [-0.3, -0.25) is 0 Å². The molecule has 3 aromatic rings. The number of benzene rings is 3. The first kappa shape index (κ1) is 19.4. The zero-order valence-corrected chi connectivity index (χ0v) is 18.7. The topological polar surface area (TPSA) is 23.8 Å². The summed E-state index contributed by atoms with van der Waals surface area (Å²) < 4.78 is 3.01. The van der Waals surface area contributed by atoms with Crippen LogP contribution in [0.25, 0.3) is 0 Å². The Balaban J connectivity index is 2.14. The van der Waals surface area contributed by atoms with E-state index in [-0.39, 0.29) is 0 Å². The Kier molecular flexibility index (Phi) is 6.34. The average Bonchev–Trinajstić information content (AvgIpc) is 2.65. The van der Waals surface area contributed by atoms with Crippen molar-refractivity contribution in [3.63, 3.8) is 0 Å². The molecule has 0 saturated carbocycles. The van der Waals surface area contributed by atoms with Crippen LogP contribution >= 0.6 is 47.8 Å². The van der Waals surface area contributed by atoms with Crippen LogP contribution in [0.3, 0.4) is 0 Å². The lowest BCUT2D eigenvalue weighted by atomic mass is 9.72. The molecule has 0 bridgehead atoms. The van der Waals surface area contributed by atoms with Crippen molar-refractivity contribution >= 4 is 47.8 Å². The summed E-state index contributed by atoms with van der Waals surface area (Å²) in [5.74, 6) is 0. The average molecular weight is 534 g/mol. The van der Waals surface area contributed by atoms with Crippen molar-refractivity contribution < 1.29 is 0 Å². The van der Waals surface area contributed by atoms with Gasteiger partial charge in [0.25, 0.3) is 0 Å². The van der Waals surface area contributed by atoms with Gasteiger partial charge in [-0.1, -0.05) is 102 Å². The molecule has 0 radical (unpaired) electrons. The summed E-state index contributed by atoms with van der Waals surface area (Å²) in [5, 5.41) is 10.4. The van der Waals surface area contributed by atoms with Gasteiger partial charge >= 0.3 is 0 Å². The third kappa shape index (κ3) is 4.11. The summed E-state index contributed by atoms with van der Waals surface area (Å²) in [6, 6.07) is 26.9. The second-order valence-electron chi connectivity index (χ2n) is 6.21. The van der Waals surface area contributed by atoms with Crippen LogP contribution in [0, 0.1) is 11.3 Å². The molecule has 0 saturated heterocycles. The molecule has 0 aliphatic heterocycles. The highest BCUT2D eigenvalue weighted by molar-refractivity contribution is 9.11. The Morgan fingerprint density at radius 2 is 1.08 bits per heavy atom. The lowest BCUT2D eigenvalue weighted by Gasteiger charge is -2.29. The standard InChI is InChI=1S/C22H16Br3N/c23-19-10-4-1-7-16(19)13-22(15-26,18-9-3-6-12-21(18)25)14-17-8-2-5-11-20(17)24/h1-12H,13-14H2. The van der Waals surface area contributed by atoms with Gasteiger partial charge in [0.2, 0.25) is 0 Å². The van der Waals surface area contributed by atoms with E-state index in [0.29, 0.717) is 12.8 Å². The van der Waals surface area contributed by atoms with Crippen molar-refractivity contribution in [3.8, 4) is 6.07 Å².